The summed E-state index contributed by atoms with van der Waals surface area (Å²) in [5, 5.41) is 8.22. The van der Waals surface area contributed by atoms with E-state index >= 15 is 0 Å². The Labute approximate surface area is 350 Å². The summed E-state index contributed by atoms with van der Waals surface area (Å²) < 4.78 is 6.95. The molecule has 5 nitrogen and oxygen atoms in total. The van der Waals surface area contributed by atoms with Crippen molar-refractivity contribution in [1.29, 1.82) is 0 Å². The first-order chi connectivity index (χ1) is 30.3. The molecule has 284 valence electrons. The average molecular weight is 778 g/mol. The van der Waals surface area contributed by atoms with Crippen LogP contribution in [0.1, 0.15) is 0 Å². The fourth-order valence-corrected chi connectivity index (χ4v) is 9.74. The molecule has 4 heterocycles. The lowest BCUT2D eigenvalue weighted by Gasteiger charge is -2.12. The molecule has 0 bridgehead atoms. The minimum absolute atomic E-state index is 0.648. The van der Waals surface area contributed by atoms with Crippen LogP contribution in [0.15, 0.2) is 212 Å². The first-order valence-electron chi connectivity index (χ1n) is 20.8. The number of hydrogen-bond acceptors (Lipinski definition) is 2. The normalized spacial score (nSPS) is 11.9. The van der Waals surface area contributed by atoms with E-state index in [1.165, 1.54) is 43.7 Å². The van der Waals surface area contributed by atoms with Gasteiger partial charge in [0, 0.05) is 54.6 Å². The molecule has 0 atom stereocenters. The highest BCUT2D eigenvalue weighted by molar-refractivity contribution is 6.14. The van der Waals surface area contributed by atoms with E-state index in [-0.39, 0.29) is 0 Å². The number of aromatic nitrogens is 5. The smallest absolute Gasteiger partial charge is 0.235 e. The number of hydrogen-bond donors (Lipinski definition) is 0. The molecule has 0 aliphatic rings. The van der Waals surface area contributed by atoms with Gasteiger partial charge in [-0.3, -0.25) is 4.57 Å². The van der Waals surface area contributed by atoms with Crippen LogP contribution in [-0.4, -0.2) is 23.7 Å². The summed E-state index contributed by atoms with van der Waals surface area (Å²) in [6.07, 6.45) is 0. The highest BCUT2D eigenvalue weighted by Gasteiger charge is 2.20. The Morgan fingerprint density at radius 3 is 1.16 bits per heavy atom. The lowest BCUT2D eigenvalue weighted by molar-refractivity contribution is 1.01. The number of benzene rings is 9. The van der Waals surface area contributed by atoms with Gasteiger partial charge in [-0.25, -0.2) is 9.97 Å². The Morgan fingerprint density at radius 2 is 0.639 bits per heavy atom. The molecule has 0 radical (unpaired) electrons. The molecule has 13 aromatic rings. The molecule has 0 amide bonds. The molecule has 0 aliphatic carbocycles. The monoisotopic (exact) mass is 777 g/mol. The van der Waals surface area contributed by atoms with Gasteiger partial charge in [0.2, 0.25) is 5.95 Å². The zero-order chi connectivity index (χ0) is 40.0. The number of para-hydroxylation sites is 6. The van der Waals surface area contributed by atoms with E-state index in [4.69, 9.17) is 9.97 Å². The summed E-state index contributed by atoms with van der Waals surface area (Å²) >= 11 is 0. The third-order valence-electron chi connectivity index (χ3n) is 12.4. The highest BCUT2D eigenvalue weighted by Crippen LogP contribution is 2.40. The molecule has 13 rings (SSSR count). The highest BCUT2D eigenvalue weighted by atomic mass is 15.2. The van der Waals surface area contributed by atoms with E-state index in [1.807, 2.05) is 0 Å². The van der Waals surface area contributed by atoms with Gasteiger partial charge in [-0.15, -0.1) is 0 Å². The van der Waals surface area contributed by atoms with Crippen molar-refractivity contribution >= 4 is 76.3 Å². The fraction of sp³-hybridized carbons (Fsp3) is 0. The lowest BCUT2D eigenvalue weighted by Crippen LogP contribution is -2.03. The molecular weight excluding hydrogens is 743 g/mol. The Balaban J connectivity index is 0.990. The summed E-state index contributed by atoms with van der Waals surface area (Å²) in [7, 11) is 0. The molecule has 0 unspecified atom stereocenters. The summed E-state index contributed by atoms with van der Waals surface area (Å²) in [6.45, 7) is 0. The Bertz CT molecular complexity index is 3870. The van der Waals surface area contributed by atoms with Crippen molar-refractivity contribution in [1.82, 2.24) is 23.7 Å². The zero-order valence-electron chi connectivity index (χ0n) is 32.9. The van der Waals surface area contributed by atoms with Crippen molar-refractivity contribution in [3.8, 4) is 39.7 Å². The molecule has 0 fully saturated rings. The molecular formula is C56H35N5. The van der Waals surface area contributed by atoms with Gasteiger partial charge < -0.3 is 9.13 Å². The second-order valence-electron chi connectivity index (χ2n) is 15.8. The third-order valence-corrected chi connectivity index (χ3v) is 12.4. The van der Waals surface area contributed by atoms with Gasteiger partial charge in [-0.2, -0.15) is 0 Å². The number of rotatable bonds is 5. The van der Waals surface area contributed by atoms with E-state index in [1.54, 1.807) is 0 Å². The van der Waals surface area contributed by atoms with Crippen molar-refractivity contribution in [2.45, 2.75) is 0 Å². The maximum atomic E-state index is 5.48. The van der Waals surface area contributed by atoms with Crippen LogP contribution < -0.4 is 0 Å². The van der Waals surface area contributed by atoms with E-state index in [9.17, 15) is 0 Å². The molecule has 9 aromatic carbocycles. The zero-order valence-corrected chi connectivity index (χ0v) is 32.9. The minimum atomic E-state index is 0.648. The lowest BCUT2D eigenvalue weighted by atomic mass is 10.0. The third kappa shape index (κ3) is 5.08. The number of nitrogens with zero attached hydrogens (tertiary/aromatic N) is 5. The van der Waals surface area contributed by atoms with Crippen LogP contribution in [0, 0.1) is 0 Å². The van der Waals surface area contributed by atoms with Gasteiger partial charge in [-0.05, 0) is 96.1 Å². The van der Waals surface area contributed by atoms with Crippen molar-refractivity contribution in [2.75, 3.05) is 0 Å². The summed E-state index contributed by atoms with van der Waals surface area (Å²) in [4.78, 5) is 10.8. The maximum Gasteiger partial charge on any atom is 0.235 e. The van der Waals surface area contributed by atoms with Gasteiger partial charge >= 0.3 is 0 Å². The van der Waals surface area contributed by atoms with Gasteiger partial charge in [0.1, 0.15) is 0 Å². The Hall–Kier alpha value is -8.28. The summed E-state index contributed by atoms with van der Waals surface area (Å²) in [5.41, 5.74) is 14.4. The Kier molecular flexibility index (Phi) is 7.24. The van der Waals surface area contributed by atoms with Crippen LogP contribution in [0.3, 0.4) is 0 Å². The number of fused-ring (bicyclic) bond motifs is 10. The average Bonchev–Trinajstić information content (AvgIpc) is 3.97. The SMILES string of the molecule is c1ccc(-n2c3ccccc3c3cc(-c4ccc5c(c4)c4ccccc4n5-c4nc(-c5ccc6c(c5)c5ccccc5n6-c5ccccc5)c5ccccc5n4)ccc32)cc1. The van der Waals surface area contributed by atoms with Crippen LogP contribution in [0.5, 0.6) is 0 Å². The van der Waals surface area contributed by atoms with Crippen LogP contribution in [0.2, 0.25) is 0 Å². The van der Waals surface area contributed by atoms with Crippen LogP contribution in [-0.2, 0) is 0 Å². The first kappa shape index (κ1) is 33.7. The Morgan fingerprint density at radius 1 is 0.262 bits per heavy atom. The topological polar surface area (TPSA) is 40.6 Å². The quantitative estimate of drug-likeness (QED) is 0.175. The van der Waals surface area contributed by atoms with Crippen LogP contribution >= 0.6 is 0 Å². The molecule has 4 aromatic heterocycles. The standard InChI is InChI=1S/C56H35N5/c1-3-15-39(16-4-1)59-49-24-12-8-19-41(49)45-33-36(27-30-52(45)59)37-28-31-54-46(34-37)43-21-10-14-26-51(43)61(54)56-57-48-23-11-7-22-44(48)55(58-56)38-29-32-53-47(35-38)42-20-9-13-25-50(42)60(53)40-17-5-2-6-18-40/h1-35H. The van der Waals surface area contributed by atoms with E-state index in [0.717, 1.165) is 66.4 Å². The molecule has 0 aliphatic heterocycles. The van der Waals surface area contributed by atoms with E-state index in [2.05, 4.69) is 226 Å². The van der Waals surface area contributed by atoms with Crippen LogP contribution in [0.4, 0.5) is 0 Å². The molecule has 0 saturated heterocycles. The van der Waals surface area contributed by atoms with Gasteiger partial charge in [0.25, 0.3) is 0 Å². The van der Waals surface area contributed by atoms with E-state index in [0.29, 0.717) is 5.95 Å². The van der Waals surface area contributed by atoms with Gasteiger partial charge in [0.15, 0.2) is 0 Å². The molecule has 5 heteroatoms. The second kappa shape index (κ2) is 13.1. The second-order valence-corrected chi connectivity index (χ2v) is 15.8. The largest absolute Gasteiger partial charge is 0.309 e. The van der Waals surface area contributed by atoms with Gasteiger partial charge in [0.05, 0.1) is 44.3 Å². The summed E-state index contributed by atoms with van der Waals surface area (Å²) in [6, 6.07) is 76.1. The predicted molar refractivity (Wildman–Crippen MR) is 253 cm³/mol. The first-order valence-corrected chi connectivity index (χ1v) is 20.8. The summed E-state index contributed by atoms with van der Waals surface area (Å²) in [5.74, 6) is 0.648. The predicted octanol–water partition coefficient (Wildman–Crippen LogP) is 14.3. The molecule has 0 N–H and O–H groups in total. The van der Waals surface area contributed by atoms with Crippen molar-refractivity contribution in [2.24, 2.45) is 0 Å². The molecule has 0 saturated carbocycles. The van der Waals surface area contributed by atoms with Crippen molar-refractivity contribution < 1.29 is 0 Å². The van der Waals surface area contributed by atoms with E-state index < -0.39 is 0 Å². The van der Waals surface area contributed by atoms with Crippen molar-refractivity contribution in [3.05, 3.63) is 212 Å². The maximum absolute atomic E-state index is 5.48. The molecule has 0 spiro atoms. The van der Waals surface area contributed by atoms with Crippen molar-refractivity contribution in [3.63, 3.8) is 0 Å². The van der Waals surface area contributed by atoms with Crippen LogP contribution in [0.25, 0.3) is 116 Å². The molecule has 61 heavy (non-hydrogen) atoms. The van der Waals surface area contributed by atoms with Gasteiger partial charge in [-0.1, -0.05) is 127 Å². The minimum Gasteiger partial charge on any atom is -0.309 e. The fourth-order valence-electron chi connectivity index (χ4n) is 9.74.